The molecule has 1 nitrogen and oxygen atoms in total. The smallest absolute Gasteiger partial charge is 0.321 e. The van der Waals surface area contributed by atoms with E-state index in [2.05, 4.69) is 0 Å². The number of halogens is 5. The van der Waals surface area contributed by atoms with Crippen molar-refractivity contribution in [2.24, 2.45) is 17.6 Å². The van der Waals surface area contributed by atoms with Crippen LogP contribution < -0.4 is 5.73 Å². The van der Waals surface area contributed by atoms with E-state index in [0.717, 1.165) is 0 Å². The Morgan fingerprint density at radius 2 is 1.79 bits per heavy atom. The van der Waals surface area contributed by atoms with E-state index in [9.17, 15) is 17.6 Å². The molecule has 1 fully saturated rings. The number of hydrogen-bond acceptors (Lipinski definition) is 1. The predicted octanol–water partition coefficient (Wildman–Crippen LogP) is 4.24. The molecule has 0 bridgehead atoms. The lowest BCUT2D eigenvalue weighted by Gasteiger charge is -2.46. The van der Waals surface area contributed by atoms with Crippen LogP contribution in [0.2, 0.25) is 5.02 Å². The fourth-order valence-electron chi connectivity index (χ4n) is 2.44. The molecule has 0 radical (unpaired) electrons. The van der Waals surface area contributed by atoms with E-state index in [4.69, 9.17) is 17.3 Å². The first-order valence-electron chi connectivity index (χ1n) is 5.93. The van der Waals surface area contributed by atoms with Crippen molar-refractivity contribution in [3.05, 3.63) is 34.6 Å². The predicted molar refractivity (Wildman–Crippen MR) is 65.2 cm³/mol. The van der Waals surface area contributed by atoms with Crippen LogP contribution in [0.4, 0.5) is 17.6 Å². The molecule has 1 aromatic rings. The van der Waals surface area contributed by atoms with E-state index in [-0.39, 0.29) is 23.8 Å². The lowest BCUT2D eigenvalue weighted by Crippen LogP contribution is -2.50. The molecule has 19 heavy (non-hydrogen) atoms. The molecule has 0 aliphatic heterocycles. The third kappa shape index (κ3) is 2.72. The minimum absolute atomic E-state index is 0.00545. The number of nitrogens with two attached hydrogens (primary N) is 1. The molecular weight excluding hydrogens is 282 g/mol. The zero-order chi connectivity index (χ0) is 14.4. The Morgan fingerprint density at radius 1 is 1.21 bits per heavy atom. The Bertz CT molecular complexity index is 478. The van der Waals surface area contributed by atoms with Gasteiger partial charge in [-0.25, -0.2) is 4.39 Å². The zero-order valence-corrected chi connectivity index (χ0v) is 11.0. The summed E-state index contributed by atoms with van der Waals surface area (Å²) in [6.45, 7) is 1.66. The molecule has 1 saturated carbocycles. The van der Waals surface area contributed by atoms with Gasteiger partial charge in [0, 0.05) is 5.54 Å². The van der Waals surface area contributed by atoms with Crippen LogP contribution in [0.1, 0.15) is 25.3 Å². The number of rotatable bonds is 2. The fourth-order valence-corrected chi connectivity index (χ4v) is 2.62. The van der Waals surface area contributed by atoms with Gasteiger partial charge in [-0.15, -0.1) is 0 Å². The van der Waals surface area contributed by atoms with Gasteiger partial charge in [-0.3, -0.25) is 0 Å². The van der Waals surface area contributed by atoms with Gasteiger partial charge in [-0.05, 0) is 43.4 Å². The maximum Gasteiger partial charge on any atom is 0.391 e. The Morgan fingerprint density at radius 3 is 2.26 bits per heavy atom. The largest absolute Gasteiger partial charge is 0.391 e. The van der Waals surface area contributed by atoms with Crippen LogP contribution in [-0.2, 0) is 5.54 Å². The standard InChI is InChI=1S/C13H14ClF4N/c1-12(19,7-2-3-11(15)10(14)6-7)8-4-9(5-8)13(16,17)18/h2-3,6,8-9H,4-5,19H2,1H3. The maximum absolute atomic E-state index is 13.1. The Kier molecular flexibility index (Phi) is 3.56. The minimum Gasteiger partial charge on any atom is -0.321 e. The minimum atomic E-state index is -4.16. The quantitative estimate of drug-likeness (QED) is 0.811. The van der Waals surface area contributed by atoms with E-state index >= 15 is 0 Å². The van der Waals surface area contributed by atoms with E-state index in [1.807, 2.05) is 0 Å². The summed E-state index contributed by atoms with van der Waals surface area (Å²) in [7, 11) is 0. The normalized spacial score (nSPS) is 26.7. The molecule has 2 rings (SSSR count). The second-order valence-corrected chi connectivity index (χ2v) is 5.73. The average molecular weight is 296 g/mol. The van der Waals surface area contributed by atoms with Gasteiger partial charge in [0.1, 0.15) is 5.82 Å². The molecule has 106 valence electrons. The van der Waals surface area contributed by atoms with Gasteiger partial charge < -0.3 is 5.73 Å². The van der Waals surface area contributed by atoms with Crippen molar-refractivity contribution in [2.75, 3.05) is 0 Å². The van der Waals surface area contributed by atoms with Crippen molar-refractivity contribution in [3.8, 4) is 0 Å². The molecule has 2 N–H and O–H groups in total. The van der Waals surface area contributed by atoms with Crippen LogP contribution >= 0.6 is 11.6 Å². The molecule has 1 aromatic carbocycles. The van der Waals surface area contributed by atoms with Gasteiger partial charge in [0.2, 0.25) is 0 Å². The highest BCUT2D eigenvalue weighted by atomic mass is 35.5. The van der Waals surface area contributed by atoms with Gasteiger partial charge in [0.25, 0.3) is 0 Å². The summed E-state index contributed by atoms with van der Waals surface area (Å²) in [6.07, 6.45) is -4.15. The van der Waals surface area contributed by atoms with Gasteiger partial charge in [-0.2, -0.15) is 13.2 Å². The van der Waals surface area contributed by atoms with Crippen molar-refractivity contribution in [3.63, 3.8) is 0 Å². The Hall–Kier alpha value is -0.810. The highest BCUT2D eigenvalue weighted by Crippen LogP contribution is 2.50. The monoisotopic (exact) mass is 295 g/mol. The van der Waals surface area contributed by atoms with Crippen LogP contribution in [-0.4, -0.2) is 6.18 Å². The van der Waals surface area contributed by atoms with E-state index in [1.165, 1.54) is 18.2 Å². The van der Waals surface area contributed by atoms with Gasteiger partial charge in [0.15, 0.2) is 0 Å². The van der Waals surface area contributed by atoms with Gasteiger partial charge >= 0.3 is 6.18 Å². The SMILES string of the molecule is CC(N)(c1ccc(F)c(Cl)c1)C1CC(C(F)(F)F)C1. The van der Waals surface area contributed by atoms with Crippen molar-refractivity contribution >= 4 is 11.6 Å². The van der Waals surface area contributed by atoms with E-state index in [1.54, 1.807) is 6.92 Å². The molecule has 0 aromatic heterocycles. The summed E-state index contributed by atoms with van der Waals surface area (Å²) in [6, 6.07) is 4.04. The molecule has 0 spiro atoms. The van der Waals surface area contributed by atoms with E-state index < -0.39 is 23.5 Å². The molecule has 1 aliphatic rings. The summed E-state index contributed by atoms with van der Waals surface area (Å²) in [5, 5.41) is -0.0686. The highest BCUT2D eigenvalue weighted by molar-refractivity contribution is 6.30. The average Bonchev–Trinajstić information content (AvgIpc) is 2.16. The third-order valence-electron chi connectivity index (χ3n) is 3.99. The fraction of sp³-hybridized carbons (Fsp3) is 0.538. The summed E-state index contributed by atoms with van der Waals surface area (Å²) in [5.41, 5.74) is 5.75. The first kappa shape index (κ1) is 14.6. The van der Waals surface area contributed by atoms with Crippen molar-refractivity contribution in [1.29, 1.82) is 0 Å². The van der Waals surface area contributed by atoms with Crippen LogP contribution in [0.3, 0.4) is 0 Å². The summed E-state index contributed by atoms with van der Waals surface area (Å²) < 4.78 is 50.5. The van der Waals surface area contributed by atoms with Crippen molar-refractivity contribution in [2.45, 2.75) is 31.5 Å². The first-order chi connectivity index (χ1) is 8.62. The number of hydrogen-bond donors (Lipinski definition) is 1. The zero-order valence-electron chi connectivity index (χ0n) is 10.3. The lowest BCUT2D eigenvalue weighted by atomic mass is 9.63. The summed E-state index contributed by atoms with van der Waals surface area (Å²) in [5.74, 6) is -2.13. The third-order valence-corrected chi connectivity index (χ3v) is 4.28. The van der Waals surface area contributed by atoms with Gasteiger partial charge in [0.05, 0.1) is 10.9 Å². The molecular formula is C13H14ClF4N. The number of alkyl halides is 3. The first-order valence-corrected chi connectivity index (χ1v) is 6.31. The van der Waals surface area contributed by atoms with Crippen LogP contribution in [0.25, 0.3) is 0 Å². The molecule has 0 saturated heterocycles. The van der Waals surface area contributed by atoms with Crippen molar-refractivity contribution < 1.29 is 17.6 Å². The maximum atomic E-state index is 13.1. The van der Waals surface area contributed by atoms with Crippen LogP contribution in [0.5, 0.6) is 0 Å². The topological polar surface area (TPSA) is 26.0 Å². The van der Waals surface area contributed by atoms with Crippen LogP contribution in [0.15, 0.2) is 18.2 Å². The van der Waals surface area contributed by atoms with Crippen molar-refractivity contribution in [1.82, 2.24) is 0 Å². The highest BCUT2D eigenvalue weighted by Gasteiger charge is 2.52. The summed E-state index contributed by atoms with van der Waals surface area (Å²) in [4.78, 5) is 0. The molecule has 0 heterocycles. The lowest BCUT2D eigenvalue weighted by molar-refractivity contribution is -0.209. The molecule has 1 unspecified atom stereocenters. The van der Waals surface area contributed by atoms with Crippen LogP contribution in [0, 0.1) is 17.7 Å². The second-order valence-electron chi connectivity index (χ2n) is 5.32. The van der Waals surface area contributed by atoms with E-state index in [0.29, 0.717) is 5.56 Å². The van der Waals surface area contributed by atoms with Gasteiger partial charge in [-0.1, -0.05) is 17.7 Å². The molecule has 1 aliphatic carbocycles. The second kappa shape index (κ2) is 4.63. The number of benzene rings is 1. The molecule has 0 amide bonds. The Labute approximate surface area is 113 Å². The molecule has 1 atom stereocenters. The summed E-state index contributed by atoms with van der Waals surface area (Å²) >= 11 is 5.68. The Balaban J connectivity index is 2.14. The molecule has 6 heteroatoms.